The van der Waals surface area contributed by atoms with Crippen LogP contribution < -0.4 is 9.47 Å². The molecule has 0 aliphatic carbocycles. The Morgan fingerprint density at radius 3 is 2.78 bits per heavy atom. The molecule has 0 aliphatic heterocycles. The Bertz CT molecular complexity index is 543. The lowest BCUT2D eigenvalue weighted by atomic mass is 10.2. The Labute approximate surface area is 110 Å². The lowest BCUT2D eigenvalue weighted by Crippen LogP contribution is -2.00. The first-order chi connectivity index (χ1) is 8.81. The summed E-state index contributed by atoms with van der Waals surface area (Å²) in [7, 11) is 1.58. The fourth-order valence-electron chi connectivity index (χ4n) is 1.56. The van der Waals surface area contributed by atoms with Gasteiger partial charge >= 0.3 is 0 Å². The van der Waals surface area contributed by atoms with Gasteiger partial charge in [0.25, 0.3) is 0 Å². The molecule has 18 heavy (non-hydrogen) atoms. The van der Waals surface area contributed by atoms with Crippen molar-refractivity contribution < 1.29 is 9.47 Å². The van der Waals surface area contributed by atoms with Gasteiger partial charge in [0.05, 0.1) is 25.3 Å². The third-order valence-corrected chi connectivity index (χ3v) is 3.38. The summed E-state index contributed by atoms with van der Waals surface area (Å²) in [6, 6.07) is 11.4. The Morgan fingerprint density at radius 2 is 2.11 bits per heavy atom. The molecule has 0 saturated heterocycles. The van der Waals surface area contributed by atoms with E-state index >= 15 is 0 Å². The molecule has 1 aromatic heterocycles. The van der Waals surface area contributed by atoms with Crippen LogP contribution in [0.15, 0.2) is 35.7 Å². The fourth-order valence-corrected chi connectivity index (χ4v) is 2.25. The maximum Gasteiger partial charge on any atom is 0.124 e. The molecule has 92 valence electrons. The molecule has 3 nitrogen and oxygen atoms in total. The number of ether oxygens (including phenoxy) is 2. The summed E-state index contributed by atoms with van der Waals surface area (Å²) < 4.78 is 10.8. The van der Waals surface area contributed by atoms with E-state index in [1.54, 1.807) is 36.6 Å². The number of nitriles is 1. The van der Waals surface area contributed by atoms with E-state index in [4.69, 9.17) is 14.7 Å². The maximum atomic E-state index is 8.90. The van der Waals surface area contributed by atoms with Crippen LogP contribution in [0.5, 0.6) is 11.5 Å². The van der Waals surface area contributed by atoms with Gasteiger partial charge in [-0.15, -0.1) is 11.3 Å². The van der Waals surface area contributed by atoms with E-state index in [0.29, 0.717) is 23.7 Å². The highest BCUT2D eigenvalue weighted by Crippen LogP contribution is 2.22. The van der Waals surface area contributed by atoms with Crippen LogP contribution in [0.2, 0.25) is 0 Å². The van der Waals surface area contributed by atoms with Gasteiger partial charge in [-0.1, -0.05) is 6.07 Å². The van der Waals surface area contributed by atoms with E-state index < -0.39 is 0 Å². The van der Waals surface area contributed by atoms with Gasteiger partial charge in [0.2, 0.25) is 0 Å². The molecule has 0 radical (unpaired) electrons. The fraction of sp³-hybridized carbons (Fsp3) is 0.214. The summed E-state index contributed by atoms with van der Waals surface area (Å²) in [6.07, 6.45) is 0.872. The number of thiophene rings is 1. The van der Waals surface area contributed by atoms with Crippen LogP contribution in [0.25, 0.3) is 0 Å². The average molecular weight is 259 g/mol. The average Bonchev–Trinajstić information content (AvgIpc) is 2.91. The van der Waals surface area contributed by atoms with Crippen LogP contribution in [0, 0.1) is 11.3 Å². The quantitative estimate of drug-likeness (QED) is 0.827. The summed E-state index contributed by atoms with van der Waals surface area (Å²) in [5, 5.41) is 10.9. The molecular weight excluding hydrogens is 246 g/mol. The molecule has 1 heterocycles. The van der Waals surface area contributed by atoms with Crippen molar-refractivity contribution in [2.45, 2.75) is 6.42 Å². The third-order valence-electron chi connectivity index (χ3n) is 2.44. The number of hydrogen-bond donors (Lipinski definition) is 0. The minimum absolute atomic E-state index is 0.542. The van der Waals surface area contributed by atoms with E-state index in [-0.39, 0.29) is 0 Å². The molecule has 0 saturated carbocycles. The molecule has 0 bridgehead atoms. The van der Waals surface area contributed by atoms with Crippen molar-refractivity contribution >= 4 is 11.3 Å². The molecule has 0 N–H and O–H groups in total. The molecule has 1 aromatic carbocycles. The largest absolute Gasteiger partial charge is 0.497 e. The first-order valence-corrected chi connectivity index (χ1v) is 6.44. The SMILES string of the molecule is COc1cc(C#N)cc(OCCc2cccs2)c1. The van der Waals surface area contributed by atoms with Gasteiger partial charge in [-0.2, -0.15) is 5.26 Å². The lowest BCUT2D eigenvalue weighted by Gasteiger charge is -2.07. The van der Waals surface area contributed by atoms with Crippen molar-refractivity contribution in [3.05, 3.63) is 46.2 Å². The van der Waals surface area contributed by atoms with Gasteiger partial charge in [0.1, 0.15) is 11.5 Å². The summed E-state index contributed by atoms with van der Waals surface area (Å²) in [4.78, 5) is 1.29. The minimum atomic E-state index is 0.542. The van der Waals surface area contributed by atoms with Crippen LogP contribution in [-0.2, 0) is 6.42 Å². The van der Waals surface area contributed by atoms with Crippen molar-refractivity contribution in [1.82, 2.24) is 0 Å². The van der Waals surface area contributed by atoms with E-state index in [1.165, 1.54) is 4.88 Å². The topological polar surface area (TPSA) is 42.2 Å². The molecule has 0 atom stereocenters. The zero-order chi connectivity index (χ0) is 12.8. The van der Waals surface area contributed by atoms with Gasteiger partial charge in [0.15, 0.2) is 0 Å². The Kier molecular flexibility index (Phi) is 4.21. The second kappa shape index (κ2) is 6.08. The van der Waals surface area contributed by atoms with Crippen LogP contribution in [-0.4, -0.2) is 13.7 Å². The van der Waals surface area contributed by atoms with Crippen molar-refractivity contribution in [3.63, 3.8) is 0 Å². The second-order valence-corrected chi connectivity index (χ2v) is 4.72. The van der Waals surface area contributed by atoms with Crippen LogP contribution in [0.4, 0.5) is 0 Å². The molecule has 0 aliphatic rings. The number of rotatable bonds is 5. The maximum absolute atomic E-state index is 8.90. The number of hydrogen-bond acceptors (Lipinski definition) is 4. The highest BCUT2D eigenvalue weighted by Gasteiger charge is 2.02. The summed E-state index contributed by atoms with van der Waals surface area (Å²) in [5.74, 6) is 1.31. The van der Waals surface area contributed by atoms with Crippen LogP contribution >= 0.6 is 11.3 Å². The summed E-state index contributed by atoms with van der Waals surface area (Å²) >= 11 is 1.72. The van der Waals surface area contributed by atoms with Crippen molar-refractivity contribution in [2.75, 3.05) is 13.7 Å². The predicted octanol–water partition coefficient (Wildman–Crippen LogP) is 3.25. The van der Waals surface area contributed by atoms with Gasteiger partial charge < -0.3 is 9.47 Å². The van der Waals surface area contributed by atoms with Crippen LogP contribution in [0.1, 0.15) is 10.4 Å². The van der Waals surface area contributed by atoms with E-state index in [1.807, 2.05) is 6.07 Å². The summed E-state index contributed by atoms with van der Waals surface area (Å²) in [6.45, 7) is 0.596. The van der Waals surface area contributed by atoms with Crippen LogP contribution in [0.3, 0.4) is 0 Å². The molecule has 0 spiro atoms. The molecular formula is C14H13NO2S. The Morgan fingerprint density at radius 1 is 1.28 bits per heavy atom. The van der Waals surface area contributed by atoms with E-state index in [0.717, 1.165) is 6.42 Å². The zero-order valence-electron chi connectivity index (χ0n) is 10.1. The zero-order valence-corrected chi connectivity index (χ0v) is 10.9. The smallest absolute Gasteiger partial charge is 0.124 e. The first kappa shape index (κ1) is 12.5. The molecule has 2 aromatic rings. The van der Waals surface area contributed by atoms with Crippen molar-refractivity contribution in [2.24, 2.45) is 0 Å². The molecule has 2 rings (SSSR count). The Hall–Kier alpha value is -1.99. The van der Waals surface area contributed by atoms with E-state index in [2.05, 4.69) is 17.5 Å². The molecule has 0 fully saturated rings. The second-order valence-electron chi connectivity index (χ2n) is 3.69. The van der Waals surface area contributed by atoms with Gasteiger partial charge in [-0.25, -0.2) is 0 Å². The Balaban J connectivity index is 1.98. The van der Waals surface area contributed by atoms with E-state index in [9.17, 15) is 0 Å². The number of nitrogens with zero attached hydrogens (tertiary/aromatic N) is 1. The van der Waals surface area contributed by atoms with Gasteiger partial charge in [-0.05, 0) is 23.6 Å². The summed E-state index contributed by atoms with van der Waals surface area (Å²) in [5.41, 5.74) is 0.542. The molecule has 4 heteroatoms. The normalized spacial score (nSPS) is 9.78. The van der Waals surface area contributed by atoms with Gasteiger partial charge in [-0.3, -0.25) is 0 Å². The minimum Gasteiger partial charge on any atom is -0.497 e. The first-order valence-electron chi connectivity index (χ1n) is 5.56. The predicted molar refractivity (Wildman–Crippen MR) is 71.2 cm³/mol. The standard InChI is InChI=1S/C14H13NO2S/c1-16-12-7-11(10-15)8-13(9-12)17-5-4-14-3-2-6-18-14/h2-3,6-9H,4-5H2,1H3. The monoisotopic (exact) mass is 259 g/mol. The molecule has 0 amide bonds. The highest BCUT2D eigenvalue weighted by molar-refractivity contribution is 7.09. The molecule has 0 unspecified atom stereocenters. The number of methoxy groups -OCH3 is 1. The highest BCUT2D eigenvalue weighted by atomic mass is 32.1. The van der Waals surface area contributed by atoms with Gasteiger partial charge in [0, 0.05) is 17.4 Å². The third kappa shape index (κ3) is 3.25. The van der Waals surface area contributed by atoms with Crippen molar-refractivity contribution in [1.29, 1.82) is 5.26 Å². The van der Waals surface area contributed by atoms with Crippen molar-refractivity contribution in [3.8, 4) is 17.6 Å². The lowest BCUT2D eigenvalue weighted by molar-refractivity contribution is 0.320. The number of benzene rings is 1.